The third-order valence-electron chi connectivity index (χ3n) is 0. The number of hydrogen-bond donors (Lipinski definition) is 0. The van der Waals surface area contributed by atoms with E-state index in [0.29, 0.717) is 0 Å². The van der Waals surface area contributed by atoms with Gasteiger partial charge in [0, 0.05) is 13.8 Å². The monoisotopic (exact) mass is 417 g/mol. The molecule has 0 amide bonds. The Hall–Kier alpha value is 0.828. The van der Waals surface area contributed by atoms with E-state index in [1.54, 1.807) is 12.1 Å². The van der Waals surface area contributed by atoms with E-state index >= 15 is 0 Å². The van der Waals surface area contributed by atoms with Gasteiger partial charge < -0.3 is 0 Å². The molecule has 0 fully saturated rings. The van der Waals surface area contributed by atoms with Crippen molar-refractivity contribution in [1.29, 1.82) is 10.5 Å². The fourth-order valence-electron chi connectivity index (χ4n) is 0. The average Bonchev–Trinajstić information content (AvgIpc) is 1.62. The van der Waals surface area contributed by atoms with Crippen molar-refractivity contribution in [3.8, 4) is 12.1 Å². The second kappa shape index (κ2) is 13.4. The maximum absolute atomic E-state index is 7.32. The van der Waals surface area contributed by atoms with Crippen molar-refractivity contribution >= 4 is 37.7 Å². The molecule has 0 unspecified atom stereocenters. The quantitative estimate of drug-likeness (QED) is 0.600. The SMILES string of the molecule is CC#N.CC#N.[Cl][Pt]([Cl])([Cl])[Cl]. The zero-order valence-electron chi connectivity index (χ0n) is 5.72. The zero-order chi connectivity index (χ0) is 9.91. The summed E-state index contributed by atoms with van der Waals surface area (Å²) >= 11 is -3.06. The first-order valence-corrected chi connectivity index (χ1v) is 13.2. The Morgan fingerprint density at radius 2 is 0.909 bits per heavy atom. The van der Waals surface area contributed by atoms with Crippen molar-refractivity contribution < 1.29 is 11.9 Å². The summed E-state index contributed by atoms with van der Waals surface area (Å²) in [6.07, 6.45) is 0. The summed E-state index contributed by atoms with van der Waals surface area (Å²) in [4.78, 5) is 0. The van der Waals surface area contributed by atoms with Crippen LogP contribution in [0.5, 0.6) is 0 Å². The standard InChI is InChI=1S/2C2H3N.4ClH.Pt/c2*1-2-3;;;;;/h2*1H3;4*1H;/q;;;;;;+4/p-4. The van der Waals surface area contributed by atoms with Crippen LogP contribution in [0.2, 0.25) is 0 Å². The van der Waals surface area contributed by atoms with Gasteiger partial charge in [-0.05, 0) is 0 Å². The number of halogens is 4. The molecule has 0 aromatic carbocycles. The molecule has 0 rings (SSSR count). The number of nitriles is 2. The molecule has 2 nitrogen and oxygen atoms in total. The first kappa shape index (κ1) is 17.8. The van der Waals surface area contributed by atoms with Gasteiger partial charge in [0.2, 0.25) is 0 Å². The molecular weight excluding hydrogens is 413 g/mol. The van der Waals surface area contributed by atoms with Crippen LogP contribution in [0.3, 0.4) is 0 Å². The zero-order valence-corrected chi connectivity index (χ0v) is 11.0. The topological polar surface area (TPSA) is 47.6 Å². The third kappa shape index (κ3) is 1230. The van der Waals surface area contributed by atoms with Crippen molar-refractivity contribution in [3.63, 3.8) is 0 Å². The first-order valence-electron chi connectivity index (χ1n) is 1.93. The Bertz CT molecular complexity index is 124. The predicted molar refractivity (Wildman–Crippen MR) is 46.0 cm³/mol. The van der Waals surface area contributed by atoms with Crippen molar-refractivity contribution in [2.75, 3.05) is 0 Å². The average molecular weight is 419 g/mol. The Morgan fingerprint density at radius 3 is 0.909 bits per heavy atom. The van der Waals surface area contributed by atoms with Crippen LogP contribution in [0.1, 0.15) is 13.8 Å². The molecule has 70 valence electrons. The Labute approximate surface area is 85.5 Å². The summed E-state index contributed by atoms with van der Waals surface area (Å²) < 4.78 is 0. The fraction of sp³-hybridized carbons (Fsp3) is 0.500. The van der Waals surface area contributed by atoms with E-state index in [-0.39, 0.29) is 0 Å². The second-order valence-corrected chi connectivity index (χ2v) is 20.4. The molecule has 0 aromatic heterocycles. The molecule has 0 radical (unpaired) electrons. The molecule has 0 N–H and O–H groups in total. The van der Waals surface area contributed by atoms with Crippen LogP contribution in [0.4, 0.5) is 0 Å². The van der Waals surface area contributed by atoms with E-state index in [2.05, 4.69) is 0 Å². The molecule has 0 saturated heterocycles. The van der Waals surface area contributed by atoms with Gasteiger partial charge in [-0.15, -0.1) is 0 Å². The third-order valence-corrected chi connectivity index (χ3v) is 0. The Morgan fingerprint density at radius 1 is 0.909 bits per heavy atom. The van der Waals surface area contributed by atoms with Gasteiger partial charge in [0.1, 0.15) is 0 Å². The van der Waals surface area contributed by atoms with Gasteiger partial charge in [-0.1, -0.05) is 0 Å². The van der Waals surface area contributed by atoms with Crippen LogP contribution in [-0.4, -0.2) is 0 Å². The fourth-order valence-corrected chi connectivity index (χ4v) is 0. The van der Waals surface area contributed by atoms with Crippen molar-refractivity contribution in [1.82, 2.24) is 0 Å². The van der Waals surface area contributed by atoms with Crippen molar-refractivity contribution in [3.05, 3.63) is 0 Å². The minimum absolute atomic E-state index is 1.43. The second-order valence-electron chi connectivity index (χ2n) is 0.718. The van der Waals surface area contributed by atoms with Gasteiger partial charge in [0.05, 0.1) is 12.1 Å². The predicted octanol–water partition coefficient (Wildman–Crippen LogP) is 3.82. The summed E-state index contributed by atoms with van der Waals surface area (Å²) in [6, 6.07) is 3.50. The van der Waals surface area contributed by atoms with Crippen molar-refractivity contribution in [2.45, 2.75) is 13.8 Å². The molecule has 0 aliphatic carbocycles. The number of rotatable bonds is 0. The number of nitrogens with zero attached hydrogens (tertiary/aromatic N) is 2. The van der Waals surface area contributed by atoms with E-state index in [9.17, 15) is 0 Å². The summed E-state index contributed by atoms with van der Waals surface area (Å²) in [5.74, 6) is 0. The molecule has 0 atom stereocenters. The summed E-state index contributed by atoms with van der Waals surface area (Å²) in [5.41, 5.74) is 0. The normalized spacial score (nSPS) is 8.36. The molecule has 0 aliphatic rings. The molecule has 11 heavy (non-hydrogen) atoms. The summed E-state index contributed by atoms with van der Waals surface area (Å²) in [5, 5.41) is 14.6. The van der Waals surface area contributed by atoms with Gasteiger partial charge >= 0.3 is 49.6 Å². The van der Waals surface area contributed by atoms with Gasteiger partial charge in [-0.25, -0.2) is 0 Å². The molecular formula is C4H6Cl4N2Pt. The van der Waals surface area contributed by atoms with Crippen molar-refractivity contribution in [2.24, 2.45) is 0 Å². The van der Waals surface area contributed by atoms with E-state index in [1.807, 2.05) is 0 Å². The van der Waals surface area contributed by atoms with Crippen LogP contribution >= 0.6 is 37.7 Å². The maximum atomic E-state index is 7.32. The Balaban J connectivity index is -0.0000000933. The van der Waals surface area contributed by atoms with Gasteiger partial charge in [-0.3, -0.25) is 0 Å². The van der Waals surface area contributed by atoms with Crippen LogP contribution in [-0.2, 0) is 11.9 Å². The van der Waals surface area contributed by atoms with E-state index in [0.717, 1.165) is 0 Å². The molecule has 7 heteroatoms. The van der Waals surface area contributed by atoms with E-state index in [4.69, 9.17) is 48.2 Å². The molecule has 0 heterocycles. The molecule has 0 aliphatic heterocycles. The van der Waals surface area contributed by atoms with Crippen LogP contribution < -0.4 is 0 Å². The van der Waals surface area contributed by atoms with Crippen LogP contribution in [0.25, 0.3) is 0 Å². The van der Waals surface area contributed by atoms with Gasteiger partial charge in [0.25, 0.3) is 0 Å². The Kier molecular flexibility index (Phi) is 21.7. The molecule has 0 bridgehead atoms. The molecule has 0 spiro atoms. The molecule has 0 aromatic rings. The van der Waals surface area contributed by atoms with Crippen LogP contribution in [0.15, 0.2) is 0 Å². The number of hydrogen-bond acceptors (Lipinski definition) is 2. The minimum atomic E-state index is -3.06. The van der Waals surface area contributed by atoms with E-state index < -0.39 is 11.9 Å². The summed E-state index contributed by atoms with van der Waals surface area (Å²) in [7, 11) is 20.0. The van der Waals surface area contributed by atoms with Gasteiger partial charge in [0.15, 0.2) is 0 Å². The van der Waals surface area contributed by atoms with E-state index in [1.165, 1.54) is 13.8 Å². The summed E-state index contributed by atoms with van der Waals surface area (Å²) in [6.45, 7) is 2.86. The first-order chi connectivity index (χ1) is 4.83. The van der Waals surface area contributed by atoms with Gasteiger partial charge in [-0.2, -0.15) is 10.5 Å². The molecule has 0 saturated carbocycles. The van der Waals surface area contributed by atoms with Crippen LogP contribution in [0, 0.1) is 22.7 Å².